The van der Waals surface area contributed by atoms with E-state index >= 15 is 0 Å². The van der Waals surface area contributed by atoms with Crippen molar-refractivity contribution < 1.29 is 14.2 Å². The van der Waals surface area contributed by atoms with Crippen molar-refractivity contribution in [1.82, 2.24) is 30.3 Å². The molecule has 9 nitrogen and oxygen atoms in total. The molecule has 1 aliphatic heterocycles. The van der Waals surface area contributed by atoms with Gasteiger partial charge in [-0.3, -0.25) is 9.59 Å². The average Bonchev–Trinajstić information content (AvgIpc) is 3.35. The smallest absolute Gasteiger partial charge is 0.254 e. The van der Waals surface area contributed by atoms with Crippen LogP contribution in [0.3, 0.4) is 0 Å². The van der Waals surface area contributed by atoms with Gasteiger partial charge in [-0.15, -0.1) is 0 Å². The Morgan fingerprint density at radius 1 is 1.16 bits per heavy atom. The van der Waals surface area contributed by atoms with Gasteiger partial charge in [-0.1, -0.05) is 16.4 Å². The van der Waals surface area contributed by atoms with Crippen LogP contribution in [0.25, 0.3) is 5.69 Å². The summed E-state index contributed by atoms with van der Waals surface area (Å²) in [4.78, 5) is 28.5. The normalized spacial score (nSPS) is 18.6. The fraction of sp³-hybridized carbons (Fsp3) is 0.435. The van der Waals surface area contributed by atoms with Crippen LogP contribution in [0.15, 0.2) is 35.0 Å². The molecule has 3 aromatic rings. The molecule has 2 aromatic heterocycles. The summed E-state index contributed by atoms with van der Waals surface area (Å²) >= 11 is 0. The van der Waals surface area contributed by atoms with Gasteiger partial charge in [-0.2, -0.15) is 5.10 Å². The van der Waals surface area contributed by atoms with Crippen molar-refractivity contribution in [3.63, 3.8) is 0 Å². The van der Waals surface area contributed by atoms with Crippen molar-refractivity contribution in [2.75, 3.05) is 6.54 Å². The zero-order chi connectivity index (χ0) is 22.9. The van der Waals surface area contributed by atoms with Gasteiger partial charge in [0, 0.05) is 17.8 Å². The first-order chi connectivity index (χ1) is 15.3. The maximum Gasteiger partial charge on any atom is 0.254 e. The Balaban J connectivity index is 1.57. The molecule has 1 aliphatic rings. The van der Waals surface area contributed by atoms with Gasteiger partial charge in [0.05, 0.1) is 17.9 Å². The molecular weight excluding hydrogens is 408 g/mol. The predicted octanol–water partition coefficient (Wildman–Crippen LogP) is 2.88. The average molecular weight is 437 g/mol. The zero-order valence-electron chi connectivity index (χ0n) is 18.9. The molecule has 0 spiro atoms. The van der Waals surface area contributed by atoms with Crippen LogP contribution in [0.1, 0.15) is 59.3 Å². The molecule has 4 rings (SSSR count). The maximum absolute atomic E-state index is 13.6. The first-order valence-electron chi connectivity index (χ1n) is 10.8. The molecule has 0 unspecified atom stereocenters. The van der Waals surface area contributed by atoms with Crippen LogP contribution in [-0.2, 0) is 11.3 Å². The summed E-state index contributed by atoms with van der Waals surface area (Å²) in [6, 6.07) is 9.38. The molecular formula is C23H28N6O3. The fourth-order valence-corrected chi connectivity index (χ4v) is 4.26. The number of rotatable bonds is 5. The number of carbonyl (C=O) groups is 2. The minimum absolute atomic E-state index is 0.162. The van der Waals surface area contributed by atoms with Crippen LogP contribution in [0, 0.1) is 20.8 Å². The lowest BCUT2D eigenvalue weighted by molar-refractivity contribution is -0.133. The van der Waals surface area contributed by atoms with Gasteiger partial charge in [0.25, 0.3) is 5.91 Å². The Bertz CT molecular complexity index is 1150. The van der Waals surface area contributed by atoms with Crippen LogP contribution >= 0.6 is 0 Å². The second-order valence-electron chi connectivity index (χ2n) is 8.56. The number of piperidine rings is 1. The summed E-state index contributed by atoms with van der Waals surface area (Å²) in [6.45, 7) is 8.25. The minimum atomic E-state index is -0.950. The first kappa shape index (κ1) is 21.7. The summed E-state index contributed by atoms with van der Waals surface area (Å²) in [5, 5.41) is 15.0. The summed E-state index contributed by atoms with van der Waals surface area (Å²) in [7, 11) is 0. The lowest BCUT2D eigenvalue weighted by Crippen LogP contribution is -2.60. The van der Waals surface area contributed by atoms with Gasteiger partial charge in [-0.05, 0) is 71.2 Å². The minimum Gasteiger partial charge on any atom is -0.348 e. The number of aryl methyl sites for hydroxylation is 3. The number of amides is 2. The second kappa shape index (κ2) is 8.57. The molecule has 168 valence electrons. The molecule has 3 heterocycles. The largest absolute Gasteiger partial charge is 0.348 e. The van der Waals surface area contributed by atoms with Crippen LogP contribution < -0.4 is 5.32 Å². The molecule has 1 saturated heterocycles. The summed E-state index contributed by atoms with van der Waals surface area (Å²) in [6.07, 6.45) is 2.33. The predicted molar refractivity (Wildman–Crippen MR) is 117 cm³/mol. The standard InChI is InChI=1S/C23H28N6O3/c1-15-12-16(2)29(25-15)19-9-7-8-18(13-19)21(30)28-11-6-5-10-23(28,4)22(31)24-14-20-17(3)26-32-27-20/h7-9,12-13H,5-6,10-11,14H2,1-4H3,(H,24,31)/t23-/m1/s1. The van der Waals surface area contributed by atoms with E-state index in [1.165, 1.54) is 0 Å². The van der Waals surface area contributed by atoms with E-state index in [1.807, 2.05) is 49.7 Å². The second-order valence-corrected chi connectivity index (χ2v) is 8.56. The third kappa shape index (κ3) is 4.02. The van der Waals surface area contributed by atoms with Crippen molar-refractivity contribution in [3.8, 4) is 5.69 Å². The molecule has 1 aromatic carbocycles. The molecule has 2 amide bonds. The van der Waals surface area contributed by atoms with Gasteiger partial charge in [-0.25, -0.2) is 9.31 Å². The van der Waals surface area contributed by atoms with E-state index in [-0.39, 0.29) is 18.4 Å². The first-order valence-corrected chi connectivity index (χ1v) is 10.8. The Hall–Kier alpha value is -3.49. The zero-order valence-corrected chi connectivity index (χ0v) is 18.9. The van der Waals surface area contributed by atoms with Gasteiger partial charge >= 0.3 is 0 Å². The van der Waals surface area contributed by atoms with E-state index in [2.05, 4.69) is 20.7 Å². The van der Waals surface area contributed by atoms with Crippen LogP contribution in [0.2, 0.25) is 0 Å². The number of carbonyl (C=O) groups excluding carboxylic acids is 2. The van der Waals surface area contributed by atoms with E-state index in [1.54, 1.807) is 17.9 Å². The number of hydrogen-bond donors (Lipinski definition) is 1. The summed E-state index contributed by atoms with van der Waals surface area (Å²) in [5.41, 5.74) is 3.52. The van der Waals surface area contributed by atoms with Gasteiger partial charge < -0.3 is 10.2 Å². The highest BCUT2D eigenvalue weighted by Crippen LogP contribution is 2.30. The van der Waals surface area contributed by atoms with E-state index in [9.17, 15) is 9.59 Å². The number of nitrogens with one attached hydrogen (secondary N) is 1. The summed E-state index contributed by atoms with van der Waals surface area (Å²) in [5.74, 6) is -0.368. The molecule has 32 heavy (non-hydrogen) atoms. The van der Waals surface area contributed by atoms with Crippen molar-refractivity contribution in [3.05, 3.63) is 58.7 Å². The summed E-state index contributed by atoms with van der Waals surface area (Å²) < 4.78 is 6.52. The highest BCUT2D eigenvalue weighted by molar-refractivity contribution is 5.99. The number of likely N-dealkylation sites (tertiary alicyclic amines) is 1. The third-order valence-electron chi connectivity index (χ3n) is 6.14. The highest BCUT2D eigenvalue weighted by atomic mass is 16.6. The van der Waals surface area contributed by atoms with Crippen molar-refractivity contribution >= 4 is 11.8 Å². The third-order valence-corrected chi connectivity index (χ3v) is 6.14. The van der Waals surface area contributed by atoms with Crippen molar-refractivity contribution in [2.45, 2.75) is 59.0 Å². The van der Waals surface area contributed by atoms with Gasteiger partial charge in [0.15, 0.2) is 0 Å². The van der Waals surface area contributed by atoms with Crippen LogP contribution in [0.4, 0.5) is 0 Å². The molecule has 1 fully saturated rings. The van der Waals surface area contributed by atoms with Crippen LogP contribution in [0.5, 0.6) is 0 Å². The Morgan fingerprint density at radius 3 is 2.66 bits per heavy atom. The monoisotopic (exact) mass is 436 g/mol. The fourth-order valence-electron chi connectivity index (χ4n) is 4.26. The lowest BCUT2D eigenvalue weighted by atomic mass is 9.86. The van der Waals surface area contributed by atoms with E-state index in [4.69, 9.17) is 4.63 Å². The molecule has 1 atom stereocenters. The van der Waals surface area contributed by atoms with E-state index in [0.717, 1.165) is 29.9 Å². The van der Waals surface area contributed by atoms with Gasteiger partial charge in [0.1, 0.15) is 16.9 Å². The molecule has 0 bridgehead atoms. The molecule has 0 radical (unpaired) electrons. The number of aromatic nitrogens is 4. The molecule has 1 N–H and O–H groups in total. The van der Waals surface area contributed by atoms with Crippen molar-refractivity contribution in [1.29, 1.82) is 0 Å². The van der Waals surface area contributed by atoms with E-state index < -0.39 is 5.54 Å². The number of hydrogen-bond acceptors (Lipinski definition) is 6. The lowest BCUT2D eigenvalue weighted by Gasteiger charge is -2.43. The molecule has 0 saturated carbocycles. The highest BCUT2D eigenvalue weighted by Gasteiger charge is 2.44. The quantitative estimate of drug-likeness (QED) is 0.659. The van der Waals surface area contributed by atoms with E-state index in [0.29, 0.717) is 29.9 Å². The number of nitrogens with zero attached hydrogens (tertiary/aromatic N) is 5. The topological polar surface area (TPSA) is 106 Å². The van der Waals surface area contributed by atoms with Gasteiger partial charge in [0.2, 0.25) is 5.91 Å². The maximum atomic E-state index is 13.6. The Labute approximate surface area is 186 Å². The molecule has 9 heteroatoms. The van der Waals surface area contributed by atoms with Crippen LogP contribution in [-0.4, -0.2) is 48.9 Å². The molecule has 0 aliphatic carbocycles. The Morgan fingerprint density at radius 2 is 1.97 bits per heavy atom. The Kier molecular flexibility index (Phi) is 5.82. The number of benzene rings is 1. The van der Waals surface area contributed by atoms with Crippen molar-refractivity contribution in [2.24, 2.45) is 0 Å². The SMILES string of the molecule is Cc1cc(C)n(-c2cccc(C(=O)N3CCCC[C@]3(C)C(=O)NCc3nonc3C)c2)n1.